The van der Waals surface area contributed by atoms with E-state index in [4.69, 9.17) is 5.11 Å². The van der Waals surface area contributed by atoms with Crippen LogP contribution in [0.4, 0.5) is 5.69 Å². The van der Waals surface area contributed by atoms with Crippen LogP contribution in [0.5, 0.6) is 0 Å². The highest BCUT2D eigenvalue weighted by atomic mass is 16.4. The Hall–Kier alpha value is -2.70. The summed E-state index contributed by atoms with van der Waals surface area (Å²) in [6.07, 6.45) is 0.476. The van der Waals surface area contributed by atoms with Gasteiger partial charge in [0, 0.05) is 25.8 Å². The number of benzene rings is 1. The molecule has 134 valence electrons. The van der Waals surface area contributed by atoms with Gasteiger partial charge in [0.2, 0.25) is 5.91 Å². The van der Waals surface area contributed by atoms with Crippen LogP contribution in [-0.2, 0) is 14.4 Å². The van der Waals surface area contributed by atoms with Crippen LogP contribution in [0, 0.1) is 19.8 Å². The Morgan fingerprint density at radius 2 is 2.04 bits per heavy atom. The molecule has 0 aromatic heterocycles. The Kier molecular flexibility index (Phi) is 5.90. The lowest BCUT2D eigenvalue weighted by atomic mass is 10.1. The molecule has 0 aliphatic carbocycles. The molecule has 1 atom stereocenters. The summed E-state index contributed by atoms with van der Waals surface area (Å²) in [7, 11) is 0. The molecule has 2 N–H and O–H groups in total. The van der Waals surface area contributed by atoms with Crippen molar-refractivity contribution in [3.05, 3.63) is 29.3 Å². The van der Waals surface area contributed by atoms with E-state index < -0.39 is 5.97 Å². The number of carboxylic acid groups (broad SMARTS) is 1. The minimum atomic E-state index is -0.900. The van der Waals surface area contributed by atoms with Crippen LogP contribution in [0.1, 0.15) is 37.3 Å². The highest BCUT2D eigenvalue weighted by Gasteiger charge is 2.26. The van der Waals surface area contributed by atoms with E-state index >= 15 is 0 Å². The molecule has 7 heteroatoms. The van der Waals surface area contributed by atoms with Gasteiger partial charge in [-0.3, -0.25) is 14.4 Å². The summed E-state index contributed by atoms with van der Waals surface area (Å²) in [6, 6.07) is 5.73. The van der Waals surface area contributed by atoms with Crippen LogP contribution < -0.4 is 10.3 Å². The standard InChI is InChI=1S/C18H23N3O4/c1-11-4-5-13(3)15(8-11)21-16(22)7-6-14(20-21)18(25)19-10-12(2)9-17(23)24/h4-5,8,12H,6-7,9-10H2,1-3H3,(H,19,25)(H,23,24). The smallest absolute Gasteiger partial charge is 0.303 e. The Bertz CT molecular complexity index is 727. The summed E-state index contributed by atoms with van der Waals surface area (Å²) in [6.45, 7) is 5.82. The third-order valence-corrected chi connectivity index (χ3v) is 4.02. The van der Waals surface area contributed by atoms with Gasteiger partial charge in [0.05, 0.1) is 5.69 Å². The van der Waals surface area contributed by atoms with E-state index in [9.17, 15) is 14.4 Å². The number of carbonyl (C=O) groups excluding carboxylic acids is 2. The van der Waals surface area contributed by atoms with Crippen molar-refractivity contribution in [1.82, 2.24) is 5.32 Å². The average Bonchev–Trinajstić information content (AvgIpc) is 2.55. The predicted molar refractivity (Wildman–Crippen MR) is 94.5 cm³/mol. The number of anilines is 1. The number of rotatable bonds is 6. The van der Waals surface area contributed by atoms with Gasteiger partial charge in [-0.15, -0.1) is 0 Å². The van der Waals surface area contributed by atoms with Crippen molar-refractivity contribution in [1.29, 1.82) is 0 Å². The van der Waals surface area contributed by atoms with Crippen LogP contribution in [0.15, 0.2) is 23.3 Å². The number of nitrogens with zero attached hydrogens (tertiary/aromatic N) is 2. The Morgan fingerprint density at radius 1 is 1.32 bits per heavy atom. The van der Waals surface area contributed by atoms with E-state index in [1.807, 2.05) is 32.0 Å². The SMILES string of the molecule is Cc1ccc(C)c(N2N=C(C(=O)NCC(C)CC(=O)O)CCC2=O)c1. The first kappa shape index (κ1) is 18.6. The first-order valence-electron chi connectivity index (χ1n) is 8.25. The van der Waals surface area contributed by atoms with E-state index in [-0.39, 0.29) is 49.3 Å². The lowest BCUT2D eigenvalue weighted by Gasteiger charge is -2.25. The molecule has 0 fully saturated rings. The molecule has 2 rings (SSSR count). The van der Waals surface area contributed by atoms with Crippen molar-refractivity contribution in [3.8, 4) is 0 Å². The van der Waals surface area contributed by atoms with Crippen LogP contribution in [0.2, 0.25) is 0 Å². The topological polar surface area (TPSA) is 99.1 Å². The largest absolute Gasteiger partial charge is 0.481 e. The van der Waals surface area contributed by atoms with Gasteiger partial charge in [-0.25, -0.2) is 5.01 Å². The third-order valence-electron chi connectivity index (χ3n) is 4.02. The van der Waals surface area contributed by atoms with Crippen LogP contribution in [0.3, 0.4) is 0 Å². The summed E-state index contributed by atoms with van der Waals surface area (Å²) in [4.78, 5) is 35.2. The molecule has 25 heavy (non-hydrogen) atoms. The van der Waals surface area contributed by atoms with Gasteiger partial charge in [0.1, 0.15) is 5.71 Å². The zero-order valence-corrected chi connectivity index (χ0v) is 14.7. The quantitative estimate of drug-likeness (QED) is 0.824. The number of carbonyl (C=O) groups is 3. The van der Waals surface area contributed by atoms with Crippen molar-refractivity contribution < 1.29 is 19.5 Å². The highest BCUT2D eigenvalue weighted by molar-refractivity contribution is 6.40. The second-order valence-corrected chi connectivity index (χ2v) is 6.46. The summed E-state index contributed by atoms with van der Waals surface area (Å²) in [5.41, 5.74) is 2.86. The maximum Gasteiger partial charge on any atom is 0.303 e. The van der Waals surface area contributed by atoms with E-state index in [1.54, 1.807) is 6.92 Å². The molecular weight excluding hydrogens is 322 g/mol. The number of carboxylic acids is 1. The van der Waals surface area contributed by atoms with Crippen molar-refractivity contribution >= 4 is 29.2 Å². The zero-order chi connectivity index (χ0) is 18.6. The molecule has 1 heterocycles. The summed E-state index contributed by atoms with van der Waals surface area (Å²) in [5, 5.41) is 17.0. The van der Waals surface area contributed by atoms with E-state index in [0.717, 1.165) is 11.1 Å². The van der Waals surface area contributed by atoms with Crippen LogP contribution >= 0.6 is 0 Å². The Balaban J connectivity index is 2.13. The zero-order valence-electron chi connectivity index (χ0n) is 14.7. The van der Waals surface area contributed by atoms with Gasteiger partial charge in [-0.1, -0.05) is 19.1 Å². The molecule has 1 unspecified atom stereocenters. The van der Waals surface area contributed by atoms with Crippen molar-refractivity contribution in [2.75, 3.05) is 11.6 Å². The molecule has 7 nitrogen and oxygen atoms in total. The molecule has 2 amide bonds. The molecule has 0 radical (unpaired) electrons. The molecule has 1 aromatic rings. The van der Waals surface area contributed by atoms with Gasteiger partial charge >= 0.3 is 5.97 Å². The summed E-state index contributed by atoms with van der Waals surface area (Å²) >= 11 is 0. The normalized spacial score (nSPS) is 15.6. The average molecular weight is 345 g/mol. The number of hydrogen-bond donors (Lipinski definition) is 2. The predicted octanol–water partition coefficient (Wildman–Crippen LogP) is 2.01. The highest BCUT2D eigenvalue weighted by Crippen LogP contribution is 2.25. The van der Waals surface area contributed by atoms with Gasteiger partial charge in [-0.2, -0.15) is 5.10 Å². The molecular formula is C18H23N3O4. The molecule has 1 aliphatic heterocycles. The molecule has 1 aromatic carbocycles. The fraction of sp³-hybridized carbons (Fsp3) is 0.444. The van der Waals surface area contributed by atoms with Crippen molar-refractivity contribution in [2.45, 2.75) is 40.0 Å². The second kappa shape index (κ2) is 7.92. The maximum atomic E-state index is 12.3. The fourth-order valence-electron chi connectivity index (χ4n) is 2.59. The van der Waals surface area contributed by atoms with Gasteiger partial charge in [0.25, 0.3) is 5.91 Å². The lowest BCUT2D eigenvalue weighted by Crippen LogP contribution is -2.40. The maximum absolute atomic E-state index is 12.3. The minimum Gasteiger partial charge on any atom is -0.481 e. The molecule has 0 bridgehead atoms. The Morgan fingerprint density at radius 3 is 2.72 bits per heavy atom. The second-order valence-electron chi connectivity index (χ2n) is 6.46. The van der Waals surface area contributed by atoms with Crippen molar-refractivity contribution in [3.63, 3.8) is 0 Å². The Labute approximate surface area is 146 Å². The van der Waals surface area contributed by atoms with E-state index in [1.165, 1.54) is 5.01 Å². The number of nitrogens with one attached hydrogen (secondary N) is 1. The number of hydrogen-bond acceptors (Lipinski definition) is 4. The number of amides is 2. The van der Waals surface area contributed by atoms with Crippen LogP contribution in [-0.4, -0.2) is 35.1 Å². The number of aryl methyl sites for hydroxylation is 2. The van der Waals surface area contributed by atoms with Crippen LogP contribution in [0.25, 0.3) is 0 Å². The van der Waals surface area contributed by atoms with E-state index in [0.29, 0.717) is 5.69 Å². The van der Waals surface area contributed by atoms with Gasteiger partial charge < -0.3 is 10.4 Å². The first-order valence-corrected chi connectivity index (χ1v) is 8.25. The van der Waals surface area contributed by atoms with E-state index in [2.05, 4.69) is 10.4 Å². The fourth-order valence-corrected chi connectivity index (χ4v) is 2.59. The third kappa shape index (κ3) is 4.89. The molecule has 0 spiro atoms. The summed E-state index contributed by atoms with van der Waals surface area (Å²) in [5.74, 6) is -1.59. The monoisotopic (exact) mass is 345 g/mol. The first-order chi connectivity index (χ1) is 11.8. The molecule has 0 saturated heterocycles. The van der Waals surface area contributed by atoms with Gasteiger partial charge in [0.15, 0.2) is 0 Å². The number of hydrazone groups is 1. The lowest BCUT2D eigenvalue weighted by molar-refractivity contribution is -0.138. The van der Waals surface area contributed by atoms with Crippen molar-refractivity contribution in [2.24, 2.45) is 11.0 Å². The molecule has 0 saturated carbocycles. The summed E-state index contributed by atoms with van der Waals surface area (Å²) < 4.78 is 0. The number of aliphatic carboxylic acids is 1. The van der Waals surface area contributed by atoms with Gasteiger partial charge in [-0.05, 0) is 37.0 Å². The molecule has 1 aliphatic rings. The minimum absolute atomic E-state index is 0.0140.